The fourth-order valence-electron chi connectivity index (χ4n) is 2.00. The largest absolute Gasteiger partial charge is 0.504 e. The Kier molecular flexibility index (Phi) is 6.31. The maximum Gasteiger partial charge on any atom is 0.239 e. The average Bonchev–Trinajstić information content (AvgIpc) is 2.45. The van der Waals surface area contributed by atoms with Crippen molar-refractivity contribution >= 4 is 5.91 Å². The maximum absolute atomic E-state index is 12.1. The lowest BCUT2D eigenvalue weighted by Gasteiger charge is -2.21. The first-order valence-electron chi connectivity index (χ1n) is 6.86. The fourth-order valence-corrected chi connectivity index (χ4v) is 2.00. The van der Waals surface area contributed by atoms with Crippen molar-refractivity contribution in [1.82, 2.24) is 4.90 Å². The van der Waals surface area contributed by atoms with Crippen LogP contribution in [0.4, 0.5) is 0 Å². The van der Waals surface area contributed by atoms with E-state index >= 15 is 0 Å². The van der Waals surface area contributed by atoms with Gasteiger partial charge in [0.2, 0.25) is 5.91 Å². The predicted molar refractivity (Wildman–Crippen MR) is 78.6 cm³/mol. The molecule has 0 saturated heterocycles. The van der Waals surface area contributed by atoms with Crippen LogP contribution in [0, 0.1) is 0 Å². The normalized spacial score (nSPS) is 12.0. The Morgan fingerprint density at radius 2 is 2.20 bits per heavy atom. The van der Waals surface area contributed by atoms with Gasteiger partial charge >= 0.3 is 0 Å². The number of aromatic hydroxyl groups is 1. The van der Waals surface area contributed by atoms with Crippen molar-refractivity contribution in [3.63, 3.8) is 0 Å². The first-order valence-corrected chi connectivity index (χ1v) is 6.86. The molecule has 1 atom stereocenters. The molecule has 1 amide bonds. The molecular formula is C15H24N2O3. The van der Waals surface area contributed by atoms with Crippen molar-refractivity contribution in [2.45, 2.75) is 38.8 Å². The van der Waals surface area contributed by atoms with Gasteiger partial charge in [0.05, 0.1) is 13.2 Å². The van der Waals surface area contributed by atoms with Crippen LogP contribution in [-0.4, -0.2) is 36.1 Å². The SMILES string of the molecule is CCCCC(N)C(=O)N(C)Cc1ccc(O)c(OC)c1. The van der Waals surface area contributed by atoms with Crippen LogP contribution >= 0.6 is 0 Å². The monoisotopic (exact) mass is 280 g/mol. The number of nitrogens with two attached hydrogens (primary N) is 1. The van der Waals surface area contributed by atoms with Crippen molar-refractivity contribution in [3.8, 4) is 11.5 Å². The third-order valence-electron chi connectivity index (χ3n) is 3.23. The predicted octanol–water partition coefficient (Wildman–Crippen LogP) is 1.88. The van der Waals surface area contributed by atoms with Gasteiger partial charge in [-0.2, -0.15) is 0 Å². The van der Waals surface area contributed by atoms with Crippen molar-refractivity contribution < 1.29 is 14.6 Å². The molecule has 1 unspecified atom stereocenters. The lowest BCUT2D eigenvalue weighted by atomic mass is 10.1. The maximum atomic E-state index is 12.1. The first-order chi connectivity index (χ1) is 9.49. The highest BCUT2D eigenvalue weighted by molar-refractivity contribution is 5.81. The van der Waals surface area contributed by atoms with Gasteiger partial charge < -0.3 is 20.5 Å². The van der Waals surface area contributed by atoms with Crippen molar-refractivity contribution in [1.29, 1.82) is 0 Å². The summed E-state index contributed by atoms with van der Waals surface area (Å²) in [4.78, 5) is 13.7. The van der Waals surface area contributed by atoms with E-state index in [1.165, 1.54) is 7.11 Å². The van der Waals surface area contributed by atoms with Crippen molar-refractivity contribution in [2.24, 2.45) is 5.73 Å². The molecule has 0 heterocycles. The van der Waals surface area contributed by atoms with Crippen LogP contribution < -0.4 is 10.5 Å². The van der Waals surface area contributed by atoms with Gasteiger partial charge in [-0.05, 0) is 24.1 Å². The summed E-state index contributed by atoms with van der Waals surface area (Å²) in [6.45, 7) is 2.51. The van der Waals surface area contributed by atoms with Crippen LogP contribution in [0.3, 0.4) is 0 Å². The van der Waals surface area contributed by atoms with E-state index in [0.29, 0.717) is 18.7 Å². The van der Waals surface area contributed by atoms with Crippen molar-refractivity contribution in [2.75, 3.05) is 14.2 Å². The van der Waals surface area contributed by atoms with Gasteiger partial charge in [0, 0.05) is 13.6 Å². The number of ether oxygens (including phenoxy) is 1. The number of methoxy groups -OCH3 is 1. The number of hydrogen-bond acceptors (Lipinski definition) is 4. The lowest BCUT2D eigenvalue weighted by Crippen LogP contribution is -2.41. The minimum Gasteiger partial charge on any atom is -0.504 e. The number of carbonyl (C=O) groups is 1. The number of rotatable bonds is 7. The summed E-state index contributed by atoms with van der Waals surface area (Å²) in [7, 11) is 3.22. The van der Waals surface area contributed by atoms with E-state index in [0.717, 1.165) is 18.4 Å². The lowest BCUT2D eigenvalue weighted by molar-refractivity contribution is -0.132. The van der Waals surface area contributed by atoms with E-state index in [1.807, 2.05) is 0 Å². The van der Waals surface area contributed by atoms with Gasteiger partial charge in [0.25, 0.3) is 0 Å². The molecule has 5 nitrogen and oxygen atoms in total. The Morgan fingerprint density at radius 1 is 1.50 bits per heavy atom. The molecule has 112 valence electrons. The van der Waals surface area contributed by atoms with Gasteiger partial charge in [-0.15, -0.1) is 0 Å². The number of benzene rings is 1. The summed E-state index contributed by atoms with van der Waals surface area (Å²) >= 11 is 0. The Hall–Kier alpha value is -1.75. The number of amides is 1. The van der Waals surface area contributed by atoms with E-state index in [1.54, 1.807) is 30.1 Å². The molecule has 0 aliphatic rings. The highest BCUT2D eigenvalue weighted by Crippen LogP contribution is 2.26. The number of hydrogen-bond donors (Lipinski definition) is 2. The summed E-state index contributed by atoms with van der Waals surface area (Å²) in [5.41, 5.74) is 6.77. The second-order valence-corrected chi connectivity index (χ2v) is 4.95. The molecule has 0 aromatic heterocycles. The van der Waals surface area contributed by atoms with Crippen LogP contribution in [0.2, 0.25) is 0 Å². The zero-order valence-corrected chi connectivity index (χ0v) is 12.4. The third-order valence-corrected chi connectivity index (χ3v) is 3.23. The number of phenolic OH excluding ortho intramolecular Hbond substituents is 1. The second kappa shape index (κ2) is 7.75. The molecular weight excluding hydrogens is 256 g/mol. The average molecular weight is 280 g/mol. The molecule has 0 bridgehead atoms. The second-order valence-electron chi connectivity index (χ2n) is 4.95. The van der Waals surface area contributed by atoms with Gasteiger partial charge in [0.15, 0.2) is 11.5 Å². The van der Waals surface area contributed by atoms with Crippen LogP contribution in [0.25, 0.3) is 0 Å². The Bertz CT molecular complexity index is 449. The standard InChI is InChI=1S/C15H24N2O3/c1-4-5-6-12(16)15(19)17(2)10-11-7-8-13(18)14(9-11)20-3/h7-9,12,18H,4-6,10,16H2,1-3H3. The molecule has 3 N–H and O–H groups in total. The minimum atomic E-state index is -0.445. The minimum absolute atomic E-state index is 0.0644. The number of nitrogens with zero attached hydrogens (tertiary/aromatic N) is 1. The zero-order valence-electron chi connectivity index (χ0n) is 12.4. The van der Waals surface area contributed by atoms with E-state index in [4.69, 9.17) is 10.5 Å². The molecule has 20 heavy (non-hydrogen) atoms. The van der Waals surface area contributed by atoms with E-state index in [-0.39, 0.29) is 11.7 Å². The van der Waals surface area contributed by atoms with Gasteiger partial charge in [-0.1, -0.05) is 25.8 Å². The quantitative estimate of drug-likeness (QED) is 0.799. The molecule has 0 aliphatic heterocycles. The molecule has 0 aliphatic carbocycles. The smallest absolute Gasteiger partial charge is 0.239 e. The first kappa shape index (κ1) is 16.3. The van der Waals surface area contributed by atoms with Crippen LogP contribution in [-0.2, 0) is 11.3 Å². The van der Waals surface area contributed by atoms with E-state index in [9.17, 15) is 9.90 Å². The van der Waals surface area contributed by atoms with E-state index < -0.39 is 6.04 Å². The van der Waals surface area contributed by atoms with Crippen molar-refractivity contribution in [3.05, 3.63) is 23.8 Å². The Labute approximate surface area is 120 Å². The molecule has 5 heteroatoms. The van der Waals surface area contributed by atoms with Gasteiger partial charge in [-0.25, -0.2) is 0 Å². The molecule has 0 radical (unpaired) electrons. The van der Waals surface area contributed by atoms with Gasteiger partial charge in [0.1, 0.15) is 0 Å². The number of carbonyl (C=O) groups excluding carboxylic acids is 1. The van der Waals surface area contributed by atoms with Crippen LogP contribution in [0.1, 0.15) is 31.7 Å². The molecule has 1 aromatic carbocycles. The molecule has 0 saturated carbocycles. The van der Waals surface area contributed by atoms with Crippen LogP contribution in [0.15, 0.2) is 18.2 Å². The zero-order chi connectivity index (χ0) is 15.1. The third kappa shape index (κ3) is 4.42. The van der Waals surface area contributed by atoms with E-state index in [2.05, 4.69) is 6.92 Å². The number of unbranched alkanes of at least 4 members (excludes halogenated alkanes) is 1. The summed E-state index contributed by atoms with van der Waals surface area (Å²) in [6.07, 6.45) is 2.69. The molecule has 0 spiro atoms. The molecule has 0 fully saturated rings. The Balaban J connectivity index is 2.65. The number of phenols is 1. The summed E-state index contributed by atoms with van der Waals surface area (Å²) in [5.74, 6) is 0.425. The molecule has 1 rings (SSSR count). The highest BCUT2D eigenvalue weighted by Gasteiger charge is 2.17. The highest BCUT2D eigenvalue weighted by atomic mass is 16.5. The topological polar surface area (TPSA) is 75.8 Å². The fraction of sp³-hybridized carbons (Fsp3) is 0.533. The Morgan fingerprint density at radius 3 is 2.80 bits per heavy atom. The summed E-state index contributed by atoms with van der Waals surface area (Å²) < 4.78 is 5.05. The van der Waals surface area contributed by atoms with Gasteiger partial charge in [-0.3, -0.25) is 4.79 Å². The number of likely N-dealkylation sites (N-methyl/N-ethyl adjacent to an activating group) is 1. The summed E-state index contributed by atoms with van der Waals surface area (Å²) in [5, 5.41) is 9.54. The van der Waals surface area contributed by atoms with Crippen LogP contribution in [0.5, 0.6) is 11.5 Å². The summed E-state index contributed by atoms with van der Waals surface area (Å²) in [6, 6.07) is 4.60. The molecule has 1 aromatic rings.